The third-order valence-corrected chi connectivity index (χ3v) is 2.48. The van der Waals surface area contributed by atoms with E-state index < -0.39 is 5.97 Å². The molecule has 0 saturated carbocycles. The fourth-order valence-electron chi connectivity index (χ4n) is 1.09. The van der Waals surface area contributed by atoms with Crippen molar-refractivity contribution < 1.29 is 19.5 Å². The van der Waals surface area contributed by atoms with Gasteiger partial charge in [-0.3, -0.25) is 9.59 Å². The zero-order valence-electron chi connectivity index (χ0n) is 15.1. The number of aliphatic carboxylic acids is 1. The third-order valence-electron chi connectivity index (χ3n) is 2.48. The largest absolute Gasteiger partial charge is 0.481 e. The van der Waals surface area contributed by atoms with Gasteiger partial charge in [0, 0.05) is 19.3 Å². The Morgan fingerprint density at radius 2 is 1.55 bits per heavy atom. The minimum Gasteiger partial charge on any atom is -0.481 e. The predicted octanol–water partition coefficient (Wildman–Crippen LogP) is 4.59. The van der Waals surface area contributed by atoms with Gasteiger partial charge in [0.15, 0.2) is 5.78 Å². The van der Waals surface area contributed by atoms with E-state index in [1.165, 1.54) is 5.57 Å². The Morgan fingerprint density at radius 1 is 1.09 bits per heavy atom. The summed E-state index contributed by atoms with van der Waals surface area (Å²) in [6.45, 7) is 12.6. The molecule has 4 heteroatoms. The lowest BCUT2D eigenvalue weighted by Gasteiger charge is -2.00. The van der Waals surface area contributed by atoms with Crippen molar-refractivity contribution in [3.8, 4) is 0 Å². The van der Waals surface area contributed by atoms with Crippen LogP contribution >= 0.6 is 0 Å². The number of carbonyl (C=O) groups is 3. The number of Topliss-reactive ketones (excluding diaryl/α,β-unsaturated/α-hetero) is 1. The summed E-state index contributed by atoms with van der Waals surface area (Å²) in [4.78, 5) is 30.3. The van der Waals surface area contributed by atoms with Crippen molar-refractivity contribution in [1.82, 2.24) is 0 Å². The number of hydrogen-bond acceptors (Lipinski definition) is 3. The van der Waals surface area contributed by atoms with Gasteiger partial charge >= 0.3 is 0 Å². The molecular weight excluding hydrogens is 280 g/mol. The molecule has 0 fully saturated rings. The van der Waals surface area contributed by atoms with Crippen LogP contribution in [-0.2, 0) is 14.4 Å². The summed E-state index contributed by atoms with van der Waals surface area (Å²) < 4.78 is 0. The number of hydrogen-bond donors (Lipinski definition) is 1. The molecule has 128 valence electrons. The summed E-state index contributed by atoms with van der Waals surface area (Å²) in [7, 11) is 0. The second-order valence-corrected chi connectivity index (χ2v) is 5.25. The minimum absolute atomic E-state index is 0.196. The maximum Gasteiger partial charge on any atom is 0.300 e. The van der Waals surface area contributed by atoms with E-state index in [4.69, 9.17) is 9.90 Å². The van der Waals surface area contributed by atoms with Gasteiger partial charge in [0.2, 0.25) is 0 Å². The first-order valence-corrected chi connectivity index (χ1v) is 7.57. The van der Waals surface area contributed by atoms with Crippen LogP contribution in [0.3, 0.4) is 0 Å². The highest BCUT2D eigenvalue weighted by atomic mass is 16.4. The normalized spacial score (nSPS) is 10.5. The lowest BCUT2D eigenvalue weighted by atomic mass is 10.0. The van der Waals surface area contributed by atoms with Gasteiger partial charge in [-0.25, -0.2) is 0 Å². The second-order valence-electron chi connectivity index (χ2n) is 5.25. The highest BCUT2D eigenvalue weighted by molar-refractivity contribution is 5.91. The molecular formula is C18H32O4. The minimum atomic E-state index is -0.833. The van der Waals surface area contributed by atoms with Crippen molar-refractivity contribution in [1.29, 1.82) is 0 Å². The number of carboxylic acid groups (broad SMARTS) is 1. The zero-order valence-corrected chi connectivity index (χ0v) is 15.1. The van der Waals surface area contributed by atoms with Crippen molar-refractivity contribution >= 4 is 17.5 Å². The van der Waals surface area contributed by atoms with E-state index in [2.05, 4.69) is 6.08 Å². The summed E-state index contributed by atoms with van der Waals surface area (Å²) in [5, 5.41) is 7.42. The molecule has 0 saturated heterocycles. The average molecular weight is 312 g/mol. The molecule has 0 aromatic carbocycles. The standard InChI is InChI=1S/2C8H14O.C2H4O2/c1-7(2)5-4-6-8(3)9;1-4-6-8(9)7(3)5-2;1-2(3)4/h5H,4,6H2,1-3H3;4,6-7H,5H2,1-3H3;1H3,(H,3,4). The van der Waals surface area contributed by atoms with Gasteiger partial charge in [0.05, 0.1) is 0 Å². The van der Waals surface area contributed by atoms with Gasteiger partial charge in [-0.2, -0.15) is 0 Å². The van der Waals surface area contributed by atoms with E-state index in [-0.39, 0.29) is 17.5 Å². The molecule has 0 aliphatic carbocycles. The van der Waals surface area contributed by atoms with E-state index in [9.17, 15) is 9.59 Å². The number of rotatable bonds is 6. The molecule has 4 nitrogen and oxygen atoms in total. The lowest BCUT2D eigenvalue weighted by Crippen LogP contribution is -2.05. The first-order chi connectivity index (χ1) is 10.1. The topological polar surface area (TPSA) is 71.4 Å². The van der Waals surface area contributed by atoms with Crippen LogP contribution in [0.2, 0.25) is 0 Å². The molecule has 1 unspecified atom stereocenters. The maximum atomic E-state index is 10.9. The number of carboxylic acids is 1. The smallest absolute Gasteiger partial charge is 0.300 e. The van der Waals surface area contributed by atoms with Crippen LogP contribution in [0.1, 0.15) is 67.7 Å². The maximum absolute atomic E-state index is 10.9. The van der Waals surface area contributed by atoms with Crippen LogP contribution in [0.25, 0.3) is 0 Å². The van der Waals surface area contributed by atoms with E-state index in [0.717, 1.165) is 19.8 Å². The van der Waals surface area contributed by atoms with E-state index in [0.29, 0.717) is 6.42 Å². The van der Waals surface area contributed by atoms with Crippen molar-refractivity contribution in [2.45, 2.75) is 67.7 Å². The molecule has 0 aliphatic rings. The van der Waals surface area contributed by atoms with Crippen molar-refractivity contribution in [2.24, 2.45) is 5.92 Å². The van der Waals surface area contributed by atoms with Crippen molar-refractivity contribution in [2.75, 3.05) is 0 Å². The van der Waals surface area contributed by atoms with Crippen LogP contribution in [0, 0.1) is 5.92 Å². The molecule has 0 spiro atoms. The Bertz CT molecular complexity index is 371. The van der Waals surface area contributed by atoms with Gasteiger partial charge in [-0.15, -0.1) is 0 Å². The Hall–Kier alpha value is -1.71. The van der Waals surface area contributed by atoms with Crippen LogP contribution < -0.4 is 0 Å². The first-order valence-electron chi connectivity index (χ1n) is 7.57. The highest BCUT2D eigenvalue weighted by Gasteiger charge is 2.04. The Kier molecular flexibility index (Phi) is 19.9. The first kappa shape index (κ1) is 25.3. The number of carbonyl (C=O) groups excluding carboxylic acids is 2. The monoisotopic (exact) mass is 312 g/mol. The molecule has 0 aromatic rings. The molecule has 0 radical (unpaired) electrons. The van der Waals surface area contributed by atoms with Gasteiger partial charge in [0.25, 0.3) is 5.97 Å². The quantitative estimate of drug-likeness (QED) is 0.575. The zero-order chi connectivity index (χ0) is 18.1. The summed E-state index contributed by atoms with van der Waals surface area (Å²) in [5.41, 5.74) is 1.29. The number of allylic oxidation sites excluding steroid dienone is 4. The Labute approximate surface area is 135 Å². The average Bonchev–Trinajstić information content (AvgIpc) is 2.37. The number of ketones is 2. The molecule has 22 heavy (non-hydrogen) atoms. The summed E-state index contributed by atoms with van der Waals surface area (Å²) in [6.07, 6.45) is 8.02. The van der Waals surface area contributed by atoms with Gasteiger partial charge in [-0.05, 0) is 46.6 Å². The third kappa shape index (κ3) is 31.0. The van der Waals surface area contributed by atoms with Crippen molar-refractivity contribution in [3.05, 3.63) is 23.8 Å². The van der Waals surface area contributed by atoms with Crippen LogP contribution in [0.5, 0.6) is 0 Å². The van der Waals surface area contributed by atoms with Gasteiger partial charge < -0.3 is 9.90 Å². The molecule has 0 rings (SSSR count). The fraction of sp³-hybridized carbons (Fsp3) is 0.611. The van der Waals surface area contributed by atoms with E-state index >= 15 is 0 Å². The van der Waals surface area contributed by atoms with E-state index in [1.54, 1.807) is 19.1 Å². The van der Waals surface area contributed by atoms with Crippen LogP contribution in [-0.4, -0.2) is 22.6 Å². The predicted molar refractivity (Wildman–Crippen MR) is 91.9 cm³/mol. The van der Waals surface area contributed by atoms with Gasteiger partial charge in [0.1, 0.15) is 5.78 Å². The summed E-state index contributed by atoms with van der Waals surface area (Å²) in [6, 6.07) is 0. The molecule has 0 aromatic heterocycles. The molecule has 0 bridgehead atoms. The second kappa shape index (κ2) is 17.3. The molecule has 0 amide bonds. The highest BCUT2D eigenvalue weighted by Crippen LogP contribution is 2.02. The molecule has 1 N–H and O–H groups in total. The molecule has 0 aliphatic heterocycles. The van der Waals surface area contributed by atoms with Crippen LogP contribution in [0.4, 0.5) is 0 Å². The van der Waals surface area contributed by atoms with E-state index in [1.807, 2.05) is 34.6 Å². The Morgan fingerprint density at radius 3 is 1.82 bits per heavy atom. The SMILES string of the molecule is CC(=O)CCC=C(C)C.CC(=O)O.CC=CC(=O)C(C)CC. The Balaban J connectivity index is -0.000000266. The lowest BCUT2D eigenvalue weighted by molar-refractivity contribution is -0.134. The van der Waals surface area contributed by atoms with Crippen molar-refractivity contribution in [3.63, 3.8) is 0 Å². The molecule has 0 heterocycles. The summed E-state index contributed by atoms with van der Waals surface area (Å²) >= 11 is 0. The molecule has 1 atom stereocenters. The van der Waals surface area contributed by atoms with Crippen LogP contribution in [0.15, 0.2) is 23.8 Å². The summed E-state index contributed by atoms with van der Waals surface area (Å²) in [5.74, 6) is -0.131. The van der Waals surface area contributed by atoms with Gasteiger partial charge in [-0.1, -0.05) is 31.6 Å². The fourth-order valence-corrected chi connectivity index (χ4v) is 1.09.